The van der Waals surface area contributed by atoms with Crippen molar-refractivity contribution in [1.29, 1.82) is 0 Å². The number of para-hydroxylation sites is 1. The van der Waals surface area contributed by atoms with Crippen molar-refractivity contribution in [2.45, 2.75) is 44.2 Å². The quantitative estimate of drug-likeness (QED) is 0.783. The lowest BCUT2D eigenvalue weighted by Crippen LogP contribution is -2.58. The summed E-state index contributed by atoms with van der Waals surface area (Å²) >= 11 is 0. The number of rotatable bonds is 5. The van der Waals surface area contributed by atoms with E-state index in [1.54, 1.807) is 17.1 Å². The first-order chi connectivity index (χ1) is 12.5. The minimum absolute atomic E-state index is 0.0591. The topological polar surface area (TPSA) is 84.7 Å². The maximum Gasteiger partial charge on any atom is 0.250 e. The van der Waals surface area contributed by atoms with E-state index in [0.29, 0.717) is 39.0 Å². The summed E-state index contributed by atoms with van der Waals surface area (Å²) in [6, 6.07) is 7.74. The molecule has 2 heterocycles. The Morgan fingerprint density at radius 2 is 2.08 bits per heavy atom. The molecule has 1 unspecified atom stereocenters. The molecule has 0 spiro atoms. The Morgan fingerprint density at radius 3 is 2.81 bits per heavy atom. The molecule has 3 N–H and O–H groups in total. The van der Waals surface area contributed by atoms with Gasteiger partial charge in [0.2, 0.25) is 5.91 Å². The average molecular weight is 357 g/mol. The molecule has 0 radical (unpaired) electrons. The second-order valence-corrected chi connectivity index (χ2v) is 6.98. The van der Waals surface area contributed by atoms with Gasteiger partial charge in [0.05, 0.1) is 5.54 Å². The summed E-state index contributed by atoms with van der Waals surface area (Å²) in [5, 5.41) is 2.96. The largest absolute Gasteiger partial charge is 0.381 e. The Bertz CT molecular complexity index is 695. The number of ether oxygens (including phenoxy) is 1. The molecule has 140 valence electrons. The molecule has 0 aromatic heterocycles. The van der Waals surface area contributed by atoms with Gasteiger partial charge in [0.1, 0.15) is 0 Å². The fraction of sp³-hybridized carbons (Fsp3) is 0.500. The van der Waals surface area contributed by atoms with Gasteiger partial charge in [-0.3, -0.25) is 9.59 Å². The van der Waals surface area contributed by atoms with Gasteiger partial charge in [-0.2, -0.15) is 0 Å². The van der Waals surface area contributed by atoms with Crippen molar-refractivity contribution in [3.05, 3.63) is 42.0 Å². The van der Waals surface area contributed by atoms with Crippen molar-refractivity contribution in [3.8, 4) is 0 Å². The minimum Gasteiger partial charge on any atom is -0.381 e. The summed E-state index contributed by atoms with van der Waals surface area (Å²) in [6.07, 6.45) is 5.93. The summed E-state index contributed by atoms with van der Waals surface area (Å²) in [7, 11) is 0. The van der Waals surface area contributed by atoms with Gasteiger partial charge in [-0.25, -0.2) is 0 Å². The maximum absolute atomic E-state index is 12.6. The highest BCUT2D eigenvalue weighted by Gasteiger charge is 2.36. The monoisotopic (exact) mass is 357 g/mol. The molecule has 26 heavy (non-hydrogen) atoms. The predicted octanol–water partition coefficient (Wildman–Crippen LogP) is 1.53. The summed E-state index contributed by atoms with van der Waals surface area (Å²) in [5.74, 6) is -0.229. The van der Waals surface area contributed by atoms with Crippen LogP contribution in [0.1, 0.15) is 31.7 Å². The second-order valence-electron chi connectivity index (χ2n) is 6.98. The number of fused-ring (bicyclic) bond motifs is 1. The molecule has 2 aliphatic heterocycles. The predicted molar refractivity (Wildman–Crippen MR) is 101 cm³/mol. The molecule has 1 aromatic carbocycles. The van der Waals surface area contributed by atoms with Crippen LogP contribution in [-0.2, 0) is 20.7 Å². The van der Waals surface area contributed by atoms with Crippen LogP contribution >= 0.6 is 0 Å². The summed E-state index contributed by atoms with van der Waals surface area (Å²) in [4.78, 5) is 26.9. The first-order valence-electron chi connectivity index (χ1n) is 9.29. The number of nitrogens with two attached hydrogens (primary N) is 1. The van der Waals surface area contributed by atoms with Crippen LogP contribution in [0.15, 0.2) is 36.4 Å². The number of carbonyl (C=O) groups excluding carboxylic acids is 2. The van der Waals surface area contributed by atoms with Crippen LogP contribution in [0.3, 0.4) is 0 Å². The van der Waals surface area contributed by atoms with Crippen molar-refractivity contribution in [3.63, 3.8) is 0 Å². The maximum atomic E-state index is 12.6. The van der Waals surface area contributed by atoms with Crippen LogP contribution in [0.5, 0.6) is 0 Å². The average Bonchev–Trinajstić information content (AvgIpc) is 3.09. The van der Waals surface area contributed by atoms with Crippen LogP contribution in [-0.4, -0.2) is 43.2 Å². The van der Waals surface area contributed by atoms with Crippen molar-refractivity contribution in [2.24, 2.45) is 5.73 Å². The van der Waals surface area contributed by atoms with Gasteiger partial charge in [-0.1, -0.05) is 31.2 Å². The van der Waals surface area contributed by atoms with Crippen LogP contribution in [0, 0.1) is 0 Å². The minimum atomic E-state index is -0.878. The molecule has 0 saturated carbocycles. The Kier molecular flexibility index (Phi) is 5.74. The highest BCUT2D eigenvalue weighted by Crippen LogP contribution is 2.27. The van der Waals surface area contributed by atoms with E-state index in [9.17, 15) is 9.59 Å². The number of carbonyl (C=O) groups is 2. The third kappa shape index (κ3) is 3.97. The molecule has 6 nitrogen and oxygen atoms in total. The molecule has 2 amide bonds. The van der Waals surface area contributed by atoms with Gasteiger partial charge in [0, 0.05) is 37.6 Å². The van der Waals surface area contributed by atoms with E-state index in [4.69, 9.17) is 10.5 Å². The Morgan fingerprint density at radius 1 is 1.35 bits per heavy atom. The van der Waals surface area contributed by atoms with Gasteiger partial charge in [-0.15, -0.1) is 0 Å². The number of nitrogens with zero attached hydrogens (tertiary/aromatic N) is 1. The molecule has 6 heteroatoms. The zero-order chi connectivity index (χ0) is 18.6. The zero-order valence-corrected chi connectivity index (χ0v) is 15.2. The van der Waals surface area contributed by atoms with E-state index < -0.39 is 5.54 Å². The van der Waals surface area contributed by atoms with Crippen LogP contribution in [0.4, 0.5) is 5.69 Å². The summed E-state index contributed by atoms with van der Waals surface area (Å²) in [5.41, 5.74) is 7.51. The number of amides is 2. The fourth-order valence-corrected chi connectivity index (χ4v) is 3.42. The van der Waals surface area contributed by atoms with E-state index in [1.165, 1.54) is 5.56 Å². The zero-order valence-electron chi connectivity index (χ0n) is 15.2. The molecule has 1 fully saturated rings. The molecule has 3 rings (SSSR count). The van der Waals surface area contributed by atoms with Crippen LogP contribution in [0.25, 0.3) is 0 Å². The van der Waals surface area contributed by atoms with E-state index >= 15 is 0 Å². The lowest BCUT2D eigenvalue weighted by Gasteiger charge is -2.33. The fourth-order valence-electron chi connectivity index (χ4n) is 3.42. The van der Waals surface area contributed by atoms with Gasteiger partial charge in [0.25, 0.3) is 5.91 Å². The van der Waals surface area contributed by atoms with Gasteiger partial charge >= 0.3 is 0 Å². The molecular formula is C20H27N3O3. The van der Waals surface area contributed by atoms with E-state index in [0.717, 1.165) is 12.1 Å². The number of nitrogens with one attached hydrogen (secondary N) is 1. The summed E-state index contributed by atoms with van der Waals surface area (Å²) in [6.45, 7) is 3.67. The van der Waals surface area contributed by atoms with Gasteiger partial charge in [0.15, 0.2) is 0 Å². The Balaban J connectivity index is 1.61. The molecule has 0 bridgehead atoms. The molecule has 1 aromatic rings. The van der Waals surface area contributed by atoms with Gasteiger partial charge in [-0.05, 0) is 37.3 Å². The SMILES string of the molecule is CCC(/C=C/C(=O)N1CCc2ccccc21)NC(=O)C1(N)CCOCC1. The molecule has 0 aliphatic carbocycles. The van der Waals surface area contributed by atoms with Crippen molar-refractivity contribution in [2.75, 3.05) is 24.7 Å². The number of benzene rings is 1. The molecule has 1 atom stereocenters. The highest BCUT2D eigenvalue weighted by atomic mass is 16.5. The lowest BCUT2D eigenvalue weighted by atomic mass is 9.90. The first-order valence-corrected chi connectivity index (χ1v) is 9.29. The van der Waals surface area contributed by atoms with Crippen molar-refractivity contribution < 1.29 is 14.3 Å². The first kappa shape index (κ1) is 18.6. The normalized spacial score (nSPS) is 20.0. The third-order valence-electron chi connectivity index (χ3n) is 5.22. The van der Waals surface area contributed by atoms with E-state index in [2.05, 4.69) is 11.4 Å². The number of anilines is 1. The highest BCUT2D eigenvalue weighted by molar-refractivity contribution is 6.03. The standard InChI is InChI=1S/C20H27N3O3/c1-2-16(22-19(25)20(21)10-13-26-14-11-20)7-8-18(24)23-12-9-15-5-3-4-6-17(15)23/h3-8,16H,2,9-14,21H2,1H3,(H,22,25)/b8-7+. The second kappa shape index (κ2) is 8.01. The summed E-state index contributed by atoms with van der Waals surface area (Å²) < 4.78 is 5.29. The van der Waals surface area contributed by atoms with E-state index in [1.807, 2.05) is 25.1 Å². The Labute approximate surface area is 154 Å². The Hall–Kier alpha value is -2.18. The number of hydrogen-bond donors (Lipinski definition) is 2. The van der Waals surface area contributed by atoms with Crippen molar-refractivity contribution >= 4 is 17.5 Å². The van der Waals surface area contributed by atoms with Crippen LogP contribution < -0.4 is 16.0 Å². The molecule has 2 aliphatic rings. The molecule has 1 saturated heterocycles. The van der Waals surface area contributed by atoms with Gasteiger partial charge < -0.3 is 20.7 Å². The van der Waals surface area contributed by atoms with E-state index in [-0.39, 0.29) is 17.9 Å². The smallest absolute Gasteiger partial charge is 0.250 e. The number of hydrogen-bond acceptors (Lipinski definition) is 4. The van der Waals surface area contributed by atoms with Crippen molar-refractivity contribution in [1.82, 2.24) is 5.32 Å². The third-order valence-corrected chi connectivity index (χ3v) is 5.22. The molecular weight excluding hydrogens is 330 g/mol. The van der Waals surface area contributed by atoms with Crippen LogP contribution in [0.2, 0.25) is 0 Å². The lowest BCUT2D eigenvalue weighted by molar-refractivity contribution is -0.130.